The first kappa shape index (κ1) is 20.4. The van der Waals surface area contributed by atoms with Gasteiger partial charge in [-0.1, -0.05) is 0 Å². The van der Waals surface area contributed by atoms with Crippen LogP contribution in [0.4, 0.5) is 0 Å². The van der Waals surface area contributed by atoms with E-state index in [2.05, 4.69) is 7.63 Å². The van der Waals surface area contributed by atoms with E-state index in [1.54, 1.807) is 19.2 Å². The second-order valence-corrected chi connectivity index (χ2v) is 0. The first-order valence-electron chi connectivity index (χ1n) is 0.250. The molecule has 0 fully saturated rings. The molecule has 0 aromatic carbocycles. The maximum absolute atomic E-state index is 2.97. The first-order valence-corrected chi connectivity index (χ1v) is 3.09. The fraction of sp³-hybridized carbons (Fsp3) is 0. The van der Waals surface area contributed by atoms with Gasteiger partial charge in [0.1, 0.15) is 0 Å². The molecule has 0 saturated heterocycles. The second-order valence-electron chi connectivity index (χ2n) is 0. The van der Waals surface area contributed by atoms with Gasteiger partial charge in [0.15, 0.2) is 0 Å². The average Bonchev–Trinajstić information content (AvgIpc) is 1.00. The molecule has 0 aromatic heterocycles. The standard InChI is InChI=1S/2CH3.Si.Ti/h2*1H3;;/q2*-1;;+2. The first-order chi connectivity index (χ1) is 1.00. The van der Waals surface area contributed by atoms with E-state index in [1.165, 1.54) is 0 Å². The van der Waals surface area contributed by atoms with Crippen molar-refractivity contribution in [2.75, 3.05) is 0 Å². The van der Waals surface area contributed by atoms with E-state index in [0.29, 0.717) is 0 Å². The van der Waals surface area contributed by atoms with E-state index in [0.717, 1.165) is 0 Å². The number of hydrogen-bond acceptors (Lipinski definition) is 0. The number of hydrogen-bond donors (Lipinski definition) is 0. The summed E-state index contributed by atoms with van der Waals surface area (Å²) in [5.41, 5.74) is 0. The van der Waals surface area contributed by atoms with E-state index in [1.807, 2.05) is 0 Å². The molecule has 0 aliphatic carbocycles. The molecule has 0 aromatic rings. The van der Waals surface area contributed by atoms with E-state index in [9.17, 15) is 0 Å². The fourth-order valence-electron chi connectivity index (χ4n) is 0. The summed E-state index contributed by atoms with van der Waals surface area (Å²) < 4.78 is 0. The van der Waals surface area contributed by atoms with Crippen LogP contribution in [-0.2, 0) is 19.2 Å². The summed E-state index contributed by atoms with van der Waals surface area (Å²) in [7, 11) is 2.97. The summed E-state index contributed by atoms with van der Waals surface area (Å²) in [6.07, 6.45) is 0. The molecule has 0 nitrogen and oxygen atoms in total. The summed E-state index contributed by atoms with van der Waals surface area (Å²) >= 11 is 1.81. The Morgan fingerprint density at radius 2 is 1.00 bits per heavy atom. The molecule has 22 valence electrons. The van der Waals surface area contributed by atoms with Crippen molar-refractivity contribution in [3.63, 3.8) is 0 Å². The summed E-state index contributed by atoms with van der Waals surface area (Å²) in [6, 6.07) is 0. The molecule has 2 radical (unpaired) electrons. The SMILES string of the molecule is [CH3-].[CH3-].[Si]=[Ti+2]. The van der Waals surface area contributed by atoms with Crippen LogP contribution in [0, 0.1) is 14.9 Å². The predicted molar refractivity (Wildman–Crippen MR) is 18.6 cm³/mol. The minimum absolute atomic E-state index is 0. The molecule has 0 saturated carbocycles. The summed E-state index contributed by atoms with van der Waals surface area (Å²) in [6.45, 7) is 0. The van der Waals surface area contributed by atoms with Crippen molar-refractivity contribution in [1.29, 1.82) is 0 Å². The van der Waals surface area contributed by atoms with Crippen molar-refractivity contribution in [2.24, 2.45) is 0 Å². The quantitative estimate of drug-likeness (QED) is 0.312. The molecule has 2 heteroatoms. The Hall–Kier alpha value is 0.931. The van der Waals surface area contributed by atoms with Gasteiger partial charge in [-0.25, -0.2) is 0 Å². The Kier molecular flexibility index (Phi) is 199. The third-order valence-corrected chi connectivity index (χ3v) is 0. The molecule has 4 heavy (non-hydrogen) atoms. The monoisotopic (exact) mass is 106 g/mol. The van der Waals surface area contributed by atoms with Gasteiger partial charge in [0.2, 0.25) is 0 Å². The fourth-order valence-corrected chi connectivity index (χ4v) is 0. The third kappa shape index (κ3) is 12.6. The van der Waals surface area contributed by atoms with Crippen LogP contribution in [0.3, 0.4) is 0 Å². The van der Waals surface area contributed by atoms with Crippen molar-refractivity contribution in [3.05, 3.63) is 14.9 Å². The Morgan fingerprint density at radius 3 is 1.00 bits per heavy atom. The van der Waals surface area contributed by atoms with Crippen molar-refractivity contribution in [1.82, 2.24) is 0 Å². The van der Waals surface area contributed by atoms with Crippen LogP contribution >= 0.6 is 0 Å². The molecule has 0 bridgehead atoms. The van der Waals surface area contributed by atoms with Crippen molar-refractivity contribution in [2.45, 2.75) is 0 Å². The molecular formula is C2H6SiTi. The molecule has 0 unspecified atom stereocenters. The molecule has 0 amide bonds. The summed E-state index contributed by atoms with van der Waals surface area (Å²) in [4.78, 5) is 0. The van der Waals surface area contributed by atoms with E-state index >= 15 is 0 Å². The van der Waals surface area contributed by atoms with Crippen LogP contribution in [0.25, 0.3) is 0 Å². The zero-order valence-electron chi connectivity index (χ0n) is 3.00. The van der Waals surface area contributed by atoms with Gasteiger partial charge in [-0.05, 0) is 0 Å². The Bertz CT molecular complexity index is 6.00. The van der Waals surface area contributed by atoms with E-state index < -0.39 is 0 Å². The zero-order chi connectivity index (χ0) is 2.00. The molecule has 0 atom stereocenters. The molecular weight excluding hydrogens is 100.0 g/mol. The number of rotatable bonds is 0. The van der Waals surface area contributed by atoms with Crippen LogP contribution in [0.1, 0.15) is 0 Å². The summed E-state index contributed by atoms with van der Waals surface area (Å²) in [5, 5.41) is 0. The molecule has 0 rings (SSSR count). The molecule has 0 aliphatic heterocycles. The normalized spacial score (nSPS) is 1.50. The van der Waals surface area contributed by atoms with Gasteiger partial charge >= 0.3 is 26.8 Å². The van der Waals surface area contributed by atoms with Gasteiger partial charge in [-0.3, -0.25) is 0 Å². The molecule has 0 spiro atoms. The minimum atomic E-state index is 0. The van der Waals surface area contributed by atoms with E-state index in [4.69, 9.17) is 0 Å². The summed E-state index contributed by atoms with van der Waals surface area (Å²) in [5.74, 6) is 0. The Balaban J connectivity index is -0.00000000500. The van der Waals surface area contributed by atoms with Gasteiger partial charge in [0.05, 0.1) is 0 Å². The van der Waals surface area contributed by atoms with Crippen molar-refractivity contribution < 1.29 is 19.2 Å². The van der Waals surface area contributed by atoms with Gasteiger partial charge in [-0.2, -0.15) is 0 Å². The van der Waals surface area contributed by atoms with Crippen molar-refractivity contribution >= 4 is 7.63 Å². The molecule has 0 N–H and O–H groups in total. The van der Waals surface area contributed by atoms with Crippen molar-refractivity contribution in [3.8, 4) is 0 Å². The van der Waals surface area contributed by atoms with Crippen LogP contribution in [-0.4, -0.2) is 7.63 Å². The topological polar surface area (TPSA) is 0 Å². The predicted octanol–water partition coefficient (Wildman–Crippen LogP) is 0.517. The van der Waals surface area contributed by atoms with Gasteiger partial charge in [0.25, 0.3) is 0 Å². The maximum atomic E-state index is 2.97. The van der Waals surface area contributed by atoms with Crippen LogP contribution in [0.15, 0.2) is 0 Å². The zero-order valence-corrected chi connectivity index (χ0v) is 5.56. The van der Waals surface area contributed by atoms with E-state index in [-0.39, 0.29) is 14.9 Å². The van der Waals surface area contributed by atoms with Crippen LogP contribution < -0.4 is 0 Å². The Morgan fingerprint density at radius 1 is 1.00 bits per heavy atom. The second kappa shape index (κ2) is 39.0. The third-order valence-electron chi connectivity index (χ3n) is 0. The van der Waals surface area contributed by atoms with Gasteiger partial charge < -0.3 is 14.9 Å². The average molecular weight is 106 g/mol. The molecule has 0 heterocycles. The molecule has 0 aliphatic rings. The van der Waals surface area contributed by atoms with Crippen LogP contribution in [0.5, 0.6) is 0 Å². The van der Waals surface area contributed by atoms with Crippen LogP contribution in [0.2, 0.25) is 0 Å². The van der Waals surface area contributed by atoms with Gasteiger partial charge in [-0.15, -0.1) is 0 Å². The Labute approximate surface area is 42.0 Å². The van der Waals surface area contributed by atoms with Gasteiger partial charge in [0, 0.05) is 0 Å².